The van der Waals surface area contributed by atoms with E-state index in [1.165, 1.54) is 12.1 Å². The van der Waals surface area contributed by atoms with E-state index in [1.54, 1.807) is 24.3 Å². The molecule has 1 atom stereocenters. The lowest BCUT2D eigenvalue weighted by Gasteiger charge is -2.19. The van der Waals surface area contributed by atoms with Crippen molar-refractivity contribution in [3.05, 3.63) is 59.4 Å². The van der Waals surface area contributed by atoms with E-state index < -0.39 is 17.6 Å². The Kier molecular flexibility index (Phi) is 3.97. The van der Waals surface area contributed by atoms with Gasteiger partial charge in [0.05, 0.1) is 22.9 Å². The normalized spacial score (nSPS) is 19.4. The minimum atomic E-state index is -0.545. The molecule has 1 saturated heterocycles. The van der Waals surface area contributed by atoms with Gasteiger partial charge in [-0.05, 0) is 37.1 Å². The number of hydrogen-bond acceptors (Lipinski definition) is 4. The number of carbonyl (C=O) groups excluding carboxylic acids is 2. The summed E-state index contributed by atoms with van der Waals surface area (Å²) in [5.41, 5.74) is 0.730. The maximum Gasteiger partial charge on any atom is 0.266 e. The summed E-state index contributed by atoms with van der Waals surface area (Å²) in [7, 11) is 0. The number of halogens is 1. The summed E-state index contributed by atoms with van der Waals surface area (Å²) in [4.78, 5) is 26.2. The predicted octanol–water partition coefficient (Wildman–Crippen LogP) is 3.18. The summed E-state index contributed by atoms with van der Waals surface area (Å²) in [5.74, 6) is -1.22. The molecule has 0 aromatic heterocycles. The van der Waals surface area contributed by atoms with Crippen molar-refractivity contribution in [2.75, 3.05) is 18.1 Å². The number of nitrogens with zero attached hydrogens (tertiary/aromatic N) is 1. The fraction of sp³-hybridized carbons (Fsp3) is 0.263. The molecule has 2 aliphatic heterocycles. The largest absolute Gasteiger partial charge is 0.489 e. The van der Waals surface area contributed by atoms with E-state index in [0.29, 0.717) is 24.3 Å². The molecule has 0 saturated carbocycles. The van der Waals surface area contributed by atoms with Crippen LogP contribution in [0.2, 0.25) is 0 Å². The Hall–Kier alpha value is -2.73. The van der Waals surface area contributed by atoms with Crippen LogP contribution in [0.5, 0.6) is 5.75 Å². The third kappa shape index (κ3) is 2.78. The van der Waals surface area contributed by atoms with E-state index in [1.807, 2.05) is 0 Å². The minimum absolute atomic E-state index is 0.0277. The van der Waals surface area contributed by atoms with E-state index in [0.717, 1.165) is 23.8 Å². The van der Waals surface area contributed by atoms with E-state index >= 15 is 0 Å². The zero-order valence-electron chi connectivity index (χ0n) is 13.4. The van der Waals surface area contributed by atoms with Crippen LogP contribution in [-0.4, -0.2) is 31.1 Å². The van der Waals surface area contributed by atoms with Crippen molar-refractivity contribution >= 4 is 17.5 Å². The van der Waals surface area contributed by atoms with Gasteiger partial charge in [0, 0.05) is 12.7 Å². The summed E-state index contributed by atoms with van der Waals surface area (Å²) in [6.45, 7) is 0.991. The van der Waals surface area contributed by atoms with Gasteiger partial charge in [0.1, 0.15) is 18.2 Å². The minimum Gasteiger partial charge on any atom is -0.489 e. The van der Waals surface area contributed by atoms with Gasteiger partial charge in [-0.3, -0.25) is 9.59 Å². The van der Waals surface area contributed by atoms with Crippen molar-refractivity contribution in [2.24, 2.45) is 0 Å². The van der Waals surface area contributed by atoms with Crippen molar-refractivity contribution in [1.82, 2.24) is 0 Å². The van der Waals surface area contributed by atoms with E-state index in [-0.39, 0.29) is 17.5 Å². The van der Waals surface area contributed by atoms with E-state index in [4.69, 9.17) is 9.47 Å². The van der Waals surface area contributed by atoms with Gasteiger partial charge in [-0.25, -0.2) is 9.29 Å². The van der Waals surface area contributed by atoms with Crippen LogP contribution in [-0.2, 0) is 4.74 Å². The maximum atomic E-state index is 13.8. The highest BCUT2D eigenvalue weighted by Gasteiger charge is 2.38. The number of ether oxygens (including phenoxy) is 2. The standard InChI is InChI=1S/C19H16FNO4/c20-12-7-8-17(25-11-13-4-3-9-24-13)16(10-12)21-18(22)14-5-1-2-6-15(14)19(21)23/h1-2,5-8,10,13H,3-4,9,11H2. The second-order valence-electron chi connectivity index (χ2n) is 6.05. The zero-order valence-corrected chi connectivity index (χ0v) is 13.4. The maximum absolute atomic E-state index is 13.8. The first-order valence-corrected chi connectivity index (χ1v) is 8.17. The molecule has 2 amide bonds. The van der Waals surface area contributed by atoms with Gasteiger partial charge in [-0.15, -0.1) is 0 Å². The predicted molar refractivity (Wildman–Crippen MR) is 88.5 cm³/mol. The molecule has 0 N–H and O–H groups in total. The number of carbonyl (C=O) groups is 2. The van der Waals surface area contributed by atoms with Crippen LogP contribution in [0.3, 0.4) is 0 Å². The highest BCUT2D eigenvalue weighted by atomic mass is 19.1. The molecule has 2 aromatic rings. The molecule has 1 unspecified atom stereocenters. The highest BCUT2D eigenvalue weighted by Crippen LogP contribution is 2.35. The van der Waals surface area contributed by atoms with E-state index in [9.17, 15) is 14.0 Å². The smallest absolute Gasteiger partial charge is 0.266 e. The number of anilines is 1. The van der Waals surface area contributed by atoms with Crippen LogP contribution < -0.4 is 9.64 Å². The zero-order chi connectivity index (χ0) is 17.4. The number of amides is 2. The average molecular weight is 341 g/mol. The first kappa shape index (κ1) is 15.8. The summed E-state index contributed by atoms with van der Waals surface area (Å²) in [6.07, 6.45) is 1.84. The molecule has 4 rings (SSSR count). The third-order valence-electron chi connectivity index (χ3n) is 4.40. The molecule has 0 bridgehead atoms. The van der Waals surface area contributed by atoms with Gasteiger partial charge in [0.25, 0.3) is 11.8 Å². The Balaban J connectivity index is 1.66. The van der Waals surface area contributed by atoms with Gasteiger partial charge >= 0.3 is 0 Å². The Morgan fingerprint density at radius 3 is 2.48 bits per heavy atom. The van der Waals surface area contributed by atoms with Crippen molar-refractivity contribution < 1.29 is 23.5 Å². The lowest BCUT2D eigenvalue weighted by atomic mass is 10.1. The fourth-order valence-corrected chi connectivity index (χ4v) is 3.15. The molecule has 2 heterocycles. The average Bonchev–Trinajstić information content (AvgIpc) is 3.22. The second kappa shape index (κ2) is 6.29. The van der Waals surface area contributed by atoms with Crippen molar-refractivity contribution in [3.8, 4) is 5.75 Å². The summed E-state index contributed by atoms with van der Waals surface area (Å²) >= 11 is 0. The molecule has 25 heavy (non-hydrogen) atoms. The van der Waals surface area contributed by atoms with Crippen LogP contribution in [0.4, 0.5) is 10.1 Å². The lowest BCUT2D eigenvalue weighted by Crippen LogP contribution is -2.30. The quantitative estimate of drug-likeness (QED) is 0.802. The van der Waals surface area contributed by atoms with Gasteiger partial charge in [-0.2, -0.15) is 0 Å². The van der Waals surface area contributed by atoms with Crippen LogP contribution in [0.1, 0.15) is 33.6 Å². The van der Waals surface area contributed by atoms with Gasteiger partial charge in [0.15, 0.2) is 0 Å². The first-order valence-electron chi connectivity index (χ1n) is 8.17. The molecule has 2 aromatic carbocycles. The second-order valence-corrected chi connectivity index (χ2v) is 6.05. The number of rotatable bonds is 4. The number of benzene rings is 2. The number of fused-ring (bicyclic) bond motifs is 1. The Labute approximate surface area is 144 Å². The topological polar surface area (TPSA) is 55.8 Å². The molecule has 128 valence electrons. The molecule has 5 nitrogen and oxygen atoms in total. The molecule has 0 spiro atoms. The molecular weight excluding hydrogens is 325 g/mol. The van der Waals surface area contributed by atoms with Crippen LogP contribution in [0.15, 0.2) is 42.5 Å². The Morgan fingerprint density at radius 1 is 1.12 bits per heavy atom. The molecular formula is C19H16FNO4. The summed E-state index contributed by atoms with van der Waals surface area (Å²) < 4.78 is 25.1. The Morgan fingerprint density at radius 2 is 1.84 bits per heavy atom. The SMILES string of the molecule is O=C1c2ccccc2C(=O)N1c1cc(F)ccc1OCC1CCCO1. The van der Waals surface area contributed by atoms with Crippen molar-refractivity contribution in [1.29, 1.82) is 0 Å². The molecule has 1 fully saturated rings. The number of hydrogen-bond donors (Lipinski definition) is 0. The van der Waals surface area contributed by atoms with Crippen LogP contribution >= 0.6 is 0 Å². The van der Waals surface area contributed by atoms with Crippen LogP contribution in [0, 0.1) is 5.82 Å². The fourth-order valence-electron chi connectivity index (χ4n) is 3.15. The van der Waals surface area contributed by atoms with E-state index in [2.05, 4.69) is 0 Å². The van der Waals surface area contributed by atoms with Crippen molar-refractivity contribution in [2.45, 2.75) is 18.9 Å². The highest BCUT2D eigenvalue weighted by molar-refractivity contribution is 6.34. The summed E-state index contributed by atoms with van der Waals surface area (Å²) in [5, 5.41) is 0. The third-order valence-corrected chi connectivity index (χ3v) is 4.40. The molecule has 0 aliphatic carbocycles. The molecule has 2 aliphatic rings. The van der Waals surface area contributed by atoms with Crippen molar-refractivity contribution in [3.63, 3.8) is 0 Å². The first-order chi connectivity index (χ1) is 12.1. The van der Waals surface area contributed by atoms with Crippen LogP contribution in [0.25, 0.3) is 0 Å². The lowest BCUT2D eigenvalue weighted by molar-refractivity contribution is 0.0680. The molecule has 6 heteroatoms. The molecule has 0 radical (unpaired) electrons. The summed E-state index contributed by atoms with van der Waals surface area (Å²) in [6, 6.07) is 10.4. The number of imide groups is 1. The van der Waals surface area contributed by atoms with Gasteiger partial charge in [-0.1, -0.05) is 12.1 Å². The van der Waals surface area contributed by atoms with Gasteiger partial charge in [0.2, 0.25) is 0 Å². The monoisotopic (exact) mass is 341 g/mol. The van der Waals surface area contributed by atoms with Gasteiger partial charge < -0.3 is 9.47 Å². The Bertz CT molecular complexity index is 810.